The van der Waals surface area contributed by atoms with Gasteiger partial charge in [-0.2, -0.15) is 0 Å². The Morgan fingerprint density at radius 3 is 2.74 bits per heavy atom. The van der Waals surface area contributed by atoms with Crippen molar-refractivity contribution in [1.29, 1.82) is 0 Å². The minimum atomic E-state index is -1.03. The Bertz CT molecular complexity index is 560. The van der Waals surface area contributed by atoms with Gasteiger partial charge in [-0.05, 0) is 30.2 Å². The average Bonchev–Trinajstić information content (AvgIpc) is 2.40. The van der Waals surface area contributed by atoms with Gasteiger partial charge in [-0.15, -0.1) is 0 Å². The van der Waals surface area contributed by atoms with E-state index in [-0.39, 0.29) is 12.4 Å². The molecule has 0 fully saturated rings. The van der Waals surface area contributed by atoms with Gasteiger partial charge in [-0.1, -0.05) is 12.1 Å². The van der Waals surface area contributed by atoms with Gasteiger partial charge in [0.15, 0.2) is 0 Å². The maximum atomic E-state index is 10.7. The molecule has 0 aliphatic rings. The van der Waals surface area contributed by atoms with Gasteiger partial charge in [-0.25, -0.2) is 9.97 Å². The predicted octanol–water partition coefficient (Wildman–Crippen LogP) is 1.22. The quantitative estimate of drug-likeness (QED) is 0.837. The molecule has 0 aliphatic heterocycles. The Labute approximate surface area is 109 Å². The highest BCUT2D eigenvalue weighted by atomic mass is 16.5. The van der Waals surface area contributed by atoms with Gasteiger partial charge in [0.05, 0.1) is 0 Å². The largest absolute Gasteiger partial charge is 0.480 e. The van der Waals surface area contributed by atoms with E-state index in [1.54, 1.807) is 42.7 Å². The SMILES string of the molecule is NC(Cc1cccc(Oc2ncccn2)c1)C(=O)O. The molecule has 1 unspecified atom stereocenters. The van der Waals surface area contributed by atoms with Crippen LogP contribution >= 0.6 is 0 Å². The van der Waals surface area contributed by atoms with Crippen molar-refractivity contribution in [1.82, 2.24) is 9.97 Å². The molecule has 3 N–H and O–H groups in total. The minimum absolute atomic E-state index is 0.238. The van der Waals surface area contributed by atoms with Crippen molar-refractivity contribution in [3.63, 3.8) is 0 Å². The second kappa shape index (κ2) is 5.92. The van der Waals surface area contributed by atoms with E-state index in [0.717, 1.165) is 5.56 Å². The monoisotopic (exact) mass is 259 g/mol. The maximum Gasteiger partial charge on any atom is 0.321 e. The van der Waals surface area contributed by atoms with Crippen molar-refractivity contribution in [2.75, 3.05) is 0 Å². The van der Waals surface area contributed by atoms with E-state index in [2.05, 4.69) is 9.97 Å². The first kappa shape index (κ1) is 13.0. The fourth-order valence-electron chi connectivity index (χ4n) is 1.52. The molecule has 0 bridgehead atoms. The van der Waals surface area contributed by atoms with Crippen LogP contribution < -0.4 is 10.5 Å². The molecule has 0 amide bonds. The fraction of sp³-hybridized carbons (Fsp3) is 0.154. The highest BCUT2D eigenvalue weighted by molar-refractivity contribution is 5.73. The lowest BCUT2D eigenvalue weighted by molar-refractivity contribution is -0.138. The number of rotatable bonds is 5. The van der Waals surface area contributed by atoms with Crippen LogP contribution in [-0.2, 0) is 11.2 Å². The average molecular weight is 259 g/mol. The summed E-state index contributed by atoms with van der Waals surface area (Å²) in [6.45, 7) is 0. The summed E-state index contributed by atoms with van der Waals surface area (Å²) in [7, 11) is 0. The smallest absolute Gasteiger partial charge is 0.321 e. The summed E-state index contributed by atoms with van der Waals surface area (Å²) >= 11 is 0. The third-order valence-electron chi connectivity index (χ3n) is 2.42. The predicted molar refractivity (Wildman–Crippen MR) is 67.9 cm³/mol. The second-order valence-corrected chi connectivity index (χ2v) is 3.93. The summed E-state index contributed by atoms with van der Waals surface area (Å²) in [4.78, 5) is 18.6. The summed E-state index contributed by atoms with van der Waals surface area (Å²) in [6, 6.07) is 8.02. The topological polar surface area (TPSA) is 98.3 Å². The van der Waals surface area contributed by atoms with Crippen molar-refractivity contribution in [3.8, 4) is 11.8 Å². The van der Waals surface area contributed by atoms with Gasteiger partial charge in [0.1, 0.15) is 11.8 Å². The van der Waals surface area contributed by atoms with Crippen molar-refractivity contribution < 1.29 is 14.6 Å². The summed E-state index contributed by atoms with van der Waals surface area (Å²) in [6.07, 6.45) is 3.39. The molecular formula is C13H13N3O3. The summed E-state index contributed by atoms with van der Waals surface area (Å²) in [5, 5.41) is 8.77. The Kier molecular flexibility index (Phi) is 4.04. The number of nitrogens with zero attached hydrogens (tertiary/aromatic N) is 2. The van der Waals surface area contributed by atoms with Crippen molar-refractivity contribution in [3.05, 3.63) is 48.3 Å². The van der Waals surface area contributed by atoms with Crippen molar-refractivity contribution >= 4 is 5.97 Å². The third-order valence-corrected chi connectivity index (χ3v) is 2.42. The molecule has 1 heterocycles. The fourth-order valence-corrected chi connectivity index (χ4v) is 1.52. The van der Waals surface area contributed by atoms with Crippen molar-refractivity contribution in [2.45, 2.75) is 12.5 Å². The number of aliphatic carboxylic acids is 1. The van der Waals surface area contributed by atoms with Gasteiger partial charge >= 0.3 is 12.0 Å². The normalized spacial score (nSPS) is 11.8. The Morgan fingerprint density at radius 2 is 2.05 bits per heavy atom. The molecule has 1 aromatic heterocycles. The number of benzene rings is 1. The molecule has 6 nitrogen and oxygen atoms in total. The molecule has 2 rings (SSSR count). The van der Waals surface area contributed by atoms with Crippen LogP contribution in [0.5, 0.6) is 11.8 Å². The summed E-state index contributed by atoms with van der Waals surface area (Å²) < 4.78 is 5.45. The Hall–Kier alpha value is -2.47. The molecule has 1 atom stereocenters. The van der Waals surface area contributed by atoms with E-state index in [1.165, 1.54) is 0 Å². The van der Waals surface area contributed by atoms with Gasteiger partial charge in [0, 0.05) is 12.4 Å². The van der Waals surface area contributed by atoms with Crippen LogP contribution in [0, 0.1) is 0 Å². The minimum Gasteiger partial charge on any atom is -0.480 e. The molecule has 19 heavy (non-hydrogen) atoms. The van der Waals surface area contributed by atoms with Crippen LogP contribution in [0.4, 0.5) is 0 Å². The molecule has 0 saturated carbocycles. The first-order chi connectivity index (χ1) is 9.15. The number of carboxylic acid groups (broad SMARTS) is 1. The lowest BCUT2D eigenvalue weighted by atomic mass is 10.1. The number of nitrogens with two attached hydrogens (primary N) is 1. The maximum absolute atomic E-state index is 10.7. The first-order valence-electron chi connectivity index (χ1n) is 5.67. The van der Waals surface area contributed by atoms with E-state index in [1.807, 2.05) is 0 Å². The molecule has 0 radical (unpaired) electrons. The zero-order valence-corrected chi connectivity index (χ0v) is 10.1. The van der Waals surface area contributed by atoms with Crippen LogP contribution in [0.2, 0.25) is 0 Å². The van der Waals surface area contributed by atoms with Crippen LogP contribution in [0.25, 0.3) is 0 Å². The highest BCUT2D eigenvalue weighted by Crippen LogP contribution is 2.19. The van der Waals surface area contributed by atoms with Crippen LogP contribution in [0.1, 0.15) is 5.56 Å². The van der Waals surface area contributed by atoms with Gasteiger partial charge in [0.2, 0.25) is 0 Å². The van der Waals surface area contributed by atoms with Crippen LogP contribution in [0.3, 0.4) is 0 Å². The molecule has 0 saturated heterocycles. The van der Waals surface area contributed by atoms with Gasteiger partial charge in [-0.3, -0.25) is 4.79 Å². The lowest BCUT2D eigenvalue weighted by Gasteiger charge is -2.08. The molecule has 0 aliphatic carbocycles. The number of hydrogen-bond acceptors (Lipinski definition) is 5. The van der Waals surface area contributed by atoms with Crippen molar-refractivity contribution in [2.24, 2.45) is 5.73 Å². The number of hydrogen-bond donors (Lipinski definition) is 2. The van der Waals surface area contributed by atoms with E-state index in [9.17, 15) is 4.79 Å². The second-order valence-electron chi connectivity index (χ2n) is 3.93. The lowest BCUT2D eigenvalue weighted by Crippen LogP contribution is -2.32. The van der Waals surface area contributed by atoms with Crippen LogP contribution in [-0.4, -0.2) is 27.1 Å². The molecule has 1 aromatic carbocycles. The third kappa shape index (κ3) is 3.75. The zero-order valence-electron chi connectivity index (χ0n) is 10.1. The van der Waals surface area contributed by atoms with E-state index in [4.69, 9.17) is 15.6 Å². The summed E-state index contributed by atoms with van der Waals surface area (Å²) in [5.41, 5.74) is 6.27. The van der Waals surface area contributed by atoms with Gasteiger partial charge < -0.3 is 15.6 Å². The summed E-state index contributed by atoms with van der Waals surface area (Å²) in [5.74, 6) is -0.487. The number of aromatic nitrogens is 2. The molecule has 98 valence electrons. The molecule has 2 aromatic rings. The number of ether oxygens (including phenoxy) is 1. The molecule has 0 spiro atoms. The zero-order chi connectivity index (χ0) is 13.7. The molecule has 6 heteroatoms. The number of carboxylic acids is 1. The highest BCUT2D eigenvalue weighted by Gasteiger charge is 2.12. The van der Waals surface area contributed by atoms with E-state index in [0.29, 0.717) is 5.75 Å². The van der Waals surface area contributed by atoms with E-state index < -0.39 is 12.0 Å². The van der Waals surface area contributed by atoms with E-state index >= 15 is 0 Å². The van der Waals surface area contributed by atoms with Gasteiger partial charge in [0.25, 0.3) is 0 Å². The Balaban J connectivity index is 2.09. The molecular weight excluding hydrogens is 246 g/mol. The Morgan fingerprint density at radius 1 is 1.32 bits per heavy atom. The number of carbonyl (C=O) groups is 1. The standard InChI is InChI=1S/C13H13N3O3/c14-11(12(17)18)8-9-3-1-4-10(7-9)19-13-15-5-2-6-16-13/h1-7,11H,8,14H2,(H,17,18). The first-order valence-corrected chi connectivity index (χ1v) is 5.67. The van der Waals surface area contributed by atoms with Crippen LogP contribution in [0.15, 0.2) is 42.7 Å².